The van der Waals surface area contributed by atoms with Gasteiger partial charge in [-0.2, -0.15) is 4.98 Å². The zero-order chi connectivity index (χ0) is 15.2. The number of hydrogen-bond acceptors (Lipinski definition) is 5. The second kappa shape index (κ2) is 8.19. The number of benzene rings is 1. The van der Waals surface area contributed by atoms with Crippen molar-refractivity contribution in [2.75, 3.05) is 23.0 Å². The van der Waals surface area contributed by atoms with Crippen molar-refractivity contribution in [3.63, 3.8) is 0 Å². The zero-order valence-electron chi connectivity index (χ0n) is 12.6. The summed E-state index contributed by atoms with van der Waals surface area (Å²) in [6.45, 7) is 2.45. The van der Waals surface area contributed by atoms with Gasteiger partial charge in [0.1, 0.15) is 5.69 Å². The molecule has 1 aromatic carbocycles. The van der Waals surface area contributed by atoms with Crippen LogP contribution in [0.4, 0.5) is 17.5 Å². The second-order valence-corrected chi connectivity index (χ2v) is 4.71. The highest BCUT2D eigenvalue weighted by Crippen LogP contribution is 2.18. The lowest BCUT2D eigenvalue weighted by Crippen LogP contribution is -2.20. The molecule has 0 aliphatic rings. The molecule has 0 bridgehead atoms. The van der Waals surface area contributed by atoms with Crippen LogP contribution in [0.15, 0.2) is 36.5 Å². The van der Waals surface area contributed by atoms with Crippen LogP contribution in [0.25, 0.3) is 0 Å². The van der Waals surface area contributed by atoms with E-state index >= 15 is 0 Å². The largest absolute Gasteiger partial charge is 0.382 e. The van der Waals surface area contributed by atoms with Crippen LogP contribution in [0.5, 0.6) is 0 Å². The topological polar surface area (TPSA) is 84.1 Å². The molecule has 0 saturated heterocycles. The summed E-state index contributed by atoms with van der Waals surface area (Å²) in [5.41, 5.74) is 7.46. The van der Waals surface area contributed by atoms with Crippen molar-refractivity contribution in [3.05, 3.63) is 42.1 Å². The number of nitrogens with one attached hydrogen (secondary N) is 1. The number of carbonyl (C=O) groups is 1. The molecule has 22 heavy (non-hydrogen) atoms. The number of hydrogen-bond donors (Lipinski definition) is 2. The van der Waals surface area contributed by atoms with Gasteiger partial charge in [-0.15, -0.1) is 12.4 Å². The molecule has 2 rings (SSSR count). The molecule has 6 nitrogen and oxygen atoms in total. The van der Waals surface area contributed by atoms with Crippen LogP contribution in [0.2, 0.25) is 0 Å². The van der Waals surface area contributed by atoms with Crippen LogP contribution in [0.3, 0.4) is 0 Å². The molecule has 118 valence electrons. The fraction of sp³-hybridized carbons (Fsp3) is 0.267. The van der Waals surface area contributed by atoms with Crippen LogP contribution < -0.4 is 16.0 Å². The lowest BCUT2D eigenvalue weighted by molar-refractivity contribution is -0.115. The van der Waals surface area contributed by atoms with Crippen molar-refractivity contribution in [2.45, 2.75) is 19.9 Å². The summed E-state index contributed by atoms with van der Waals surface area (Å²) in [5.74, 6) is 0.670. The number of anilines is 3. The molecule has 0 unspecified atom stereocenters. The van der Waals surface area contributed by atoms with Gasteiger partial charge < -0.3 is 16.0 Å². The maximum absolute atomic E-state index is 11.4. The number of nitrogen functional groups attached to an aromatic ring is 1. The van der Waals surface area contributed by atoms with E-state index in [0.717, 1.165) is 5.56 Å². The summed E-state index contributed by atoms with van der Waals surface area (Å²) >= 11 is 0. The molecule has 0 fully saturated rings. The van der Waals surface area contributed by atoms with E-state index in [1.165, 1.54) is 6.20 Å². The van der Waals surface area contributed by atoms with E-state index in [9.17, 15) is 4.79 Å². The Balaban J connectivity index is 0.00000242. The van der Waals surface area contributed by atoms with Crippen LogP contribution in [0.1, 0.15) is 18.9 Å². The minimum absolute atomic E-state index is 0. The van der Waals surface area contributed by atoms with E-state index in [0.29, 0.717) is 24.6 Å². The second-order valence-electron chi connectivity index (χ2n) is 4.71. The molecule has 3 N–H and O–H groups in total. The molecule has 1 aromatic heterocycles. The first kappa shape index (κ1) is 17.7. The molecular formula is C15H20ClN5O. The lowest BCUT2D eigenvalue weighted by atomic mass is 10.2. The molecule has 0 radical (unpaired) electrons. The van der Waals surface area contributed by atoms with Gasteiger partial charge in [0.15, 0.2) is 5.82 Å². The average Bonchev–Trinajstić information content (AvgIpc) is 2.50. The average molecular weight is 322 g/mol. The van der Waals surface area contributed by atoms with E-state index < -0.39 is 0 Å². The summed E-state index contributed by atoms with van der Waals surface area (Å²) in [6, 6.07) is 10.0. The number of rotatable bonds is 5. The lowest BCUT2D eigenvalue weighted by Gasteiger charge is -2.18. The number of aromatic nitrogens is 2. The first-order valence-corrected chi connectivity index (χ1v) is 6.77. The van der Waals surface area contributed by atoms with Gasteiger partial charge in [0, 0.05) is 20.0 Å². The van der Waals surface area contributed by atoms with Crippen molar-refractivity contribution < 1.29 is 4.79 Å². The van der Waals surface area contributed by atoms with E-state index in [1.54, 1.807) is 6.92 Å². The van der Waals surface area contributed by atoms with Crippen LogP contribution in [0, 0.1) is 0 Å². The third-order valence-electron chi connectivity index (χ3n) is 3.00. The van der Waals surface area contributed by atoms with Crippen molar-refractivity contribution in [3.8, 4) is 0 Å². The smallest absolute Gasteiger partial charge is 0.227 e. The summed E-state index contributed by atoms with van der Waals surface area (Å²) in [6.07, 6.45) is 1.92. The first-order chi connectivity index (χ1) is 10.1. The van der Waals surface area contributed by atoms with Gasteiger partial charge in [-0.3, -0.25) is 4.79 Å². The maximum Gasteiger partial charge on any atom is 0.227 e. The number of nitrogens with two attached hydrogens (primary N) is 1. The summed E-state index contributed by atoms with van der Waals surface area (Å²) in [5, 5.41) is 2.67. The summed E-state index contributed by atoms with van der Waals surface area (Å²) < 4.78 is 0. The predicted octanol–water partition coefficient (Wildman–Crippen LogP) is 2.47. The highest BCUT2D eigenvalue weighted by Gasteiger charge is 2.10. The van der Waals surface area contributed by atoms with Crippen molar-refractivity contribution >= 4 is 35.8 Å². The van der Waals surface area contributed by atoms with Crippen molar-refractivity contribution in [1.82, 2.24) is 9.97 Å². The maximum atomic E-state index is 11.4. The minimum atomic E-state index is -0.115. The quantitative estimate of drug-likeness (QED) is 0.883. The molecule has 0 atom stereocenters. The van der Waals surface area contributed by atoms with E-state index in [-0.39, 0.29) is 24.1 Å². The standard InChI is InChI=1S/C15H19N5O.ClH/c1-3-13(21)18-12-9-17-15(19-14(12)16)20(2)10-11-7-5-4-6-8-11;/h4-9H,3,10H2,1-2H3,(H,18,21)(H2,16,17,19);1H. The van der Waals surface area contributed by atoms with Gasteiger partial charge in [0.05, 0.1) is 6.20 Å². The van der Waals surface area contributed by atoms with Gasteiger partial charge in [-0.1, -0.05) is 37.3 Å². The normalized spacial score (nSPS) is 9.73. The number of carbonyl (C=O) groups excluding carboxylic acids is 1. The molecule has 7 heteroatoms. The van der Waals surface area contributed by atoms with Crippen molar-refractivity contribution in [2.24, 2.45) is 0 Å². The monoisotopic (exact) mass is 321 g/mol. The molecule has 1 amide bonds. The molecular weight excluding hydrogens is 302 g/mol. The molecule has 0 saturated carbocycles. The highest BCUT2D eigenvalue weighted by atomic mass is 35.5. The highest BCUT2D eigenvalue weighted by molar-refractivity contribution is 5.92. The SMILES string of the molecule is CCC(=O)Nc1cnc(N(C)Cc2ccccc2)nc1N.Cl. The number of amides is 1. The van der Waals surface area contributed by atoms with Gasteiger partial charge in [-0.25, -0.2) is 4.98 Å². The van der Waals surface area contributed by atoms with Crippen LogP contribution in [-0.4, -0.2) is 22.9 Å². The Hall–Kier alpha value is -2.34. The Bertz CT molecular complexity index is 621. The van der Waals surface area contributed by atoms with Crippen LogP contribution in [-0.2, 0) is 11.3 Å². The van der Waals surface area contributed by atoms with Gasteiger partial charge >= 0.3 is 0 Å². The fourth-order valence-electron chi connectivity index (χ4n) is 1.83. The molecule has 0 spiro atoms. The van der Waals surface area contributed by atoms with E-state index in [1.807, 2.05) is 42.3 Å². The molecule has 2 aromatic rings. The fourth-order valence-corrected chi connectivity index (χ4v) is 1.83. The molecule has 0 aliphatic carbocycles. The molecule has 1 heterocycles. The third kappa shape index (κ3) is 4.60. The Morgan fingerprint density at radius 1 is 1.32 bits per heavy atom. The predicted molar refractivity (Wildman–Crippen MR) is 91.2 cm³/mol. The Labute approximate surface area is 136 Å². The summed E-state index contributed by atoms with van der Waals surface area (Å²) in [7, 11) is 1.89. The zero-order valence-corrected chi connectivity index (χ0v) is 13.4. The van der Waals surface area contributed by atoms with E-state index in [2.05, 4.69) is 15.3 Å². The Morgan fingerprint density at radius 2 is 2.00 bits per heavy atom. The van der Waals surface area contributed by atoms with Gasteiger partial charge in [0.2, 0.25) is 11.9 Å². The number of nitrogens with zero attached hydrogens (tertiary/aromatic N) is 3. The minimum Gasteiger partial charge on any atom is -0.382 e. The van der Waals surface area contributed by atoms with E-state index in [4.69, 9.17) is 5.73 Å². The Morgan fingerprint density at radius 3 is 2.59 bits per heavy atom. The van der Waals surface area contributed by atoms with Gasteiger partial charge in [0.25, 0.3) is 0 Å². The van der Waals surface area contributed by atoms with Gasteiger partial charge in [-0.05, 0) is 5.56 Å². The number of halogens is 1. The Kier molecular flexibility index (Phi) is 6.59. The first-order valence-electron chi connectivity index (χ1n) is 6.77. The summed E-state index contributed by atoms with van der Waals surface area (Å²) in [4.78, 5) is 21.7. The third-order valence-corrected chi connectivity index (χ3v) is 3.00. The molecule has 0 aliphatic heterocycles. The van der Waals surface area contributed by atoms with Crippen molar-refractivity contribution in [1.29, 1.82) is 0 Å². The van der Waals surface area contributed by atoms with Crippen LogP contribution >= 0.6 is 12.4 Å².